The van der Waals surface area contributed by atoms with Crippen molar-refractivity contribution >= 4 is 6.08 Å². The van der Waals surface area contributed by atoms with Gasteiger partial charge in [-0.3, -0.25) is 0 Å². The molecule has 4 aliphatic carbocycles. The van der Waals surface area contributed by atoms with Crippen LogP contribution in [0.15, 0.2) is 42.5 Å². The Balaban J connectivity index is 1.26. The van der Waals surface area contributed by atoms with Crippen molar-refractivity contribution in [1.82, 2.24) is 0 Å². The van der Waals surface area contributed by atoms with Gasteiger partial charge in [0.2, 0.25) is 0 Å². The lowest BCUT2D eigenvalue weighted by Crippen LogP contribution is -2.51. The van der Waals surface area contributed by atoms with Crippen molar-refractivity contribution in [2.45, 2.75) is 111 Å². The van der Waals surface area contributed by atoms with Crippen LogP contribution in [0.4, 0.5) is 0 Å². The fraction of sp³-hybridized carbons (Fsp3) is 0.714. The summed E-state index contributed by atoms with van der Waals surface area (Å²) in [5.41, 5.74) is 3.86. The molecule has 5 rings (SSSR count). The lowest BCUT2D eigenvalue weighted by atomic mass is 9.47. The molecular formula is C35H52O. The highest BCUT2D eigenvalue weighted by Gasteiger charge is 2.59. The van der Waals surface area contributed by atoms with Crippen LogP contribution in [0, 0.1) is 46.3 Å². The van der Waals surface area contributed by atoms with Gasteiger partial charge in [0, 0.05) is 6.42 Å². The van der Waals surface area contributed by atoms with E-state index in [9.17, 15) is 0 Å². The summed E-state index contributed by atoms with van der Waals surface area (Å²) < 4.78 is 6.48. The van der Waals surface area contributed by atoms with Crippen molar-refractivity contribution < 1.29 is 4.74 Å². The van der Waals surface area contributed by atoms with Gasteiger partial charge in [-0.15, -0.1) is 0 Å². The molecule has 1 aromatic carbocycles. The largest absolute Gasteiger partial charge is 0.490 e. The molecule has 0 heterocycles. The average molecular weight is 489 g/mol. The predicted molar refractivity (Wildman–Crippen MR) is 154 cm³/mol. The molecule has 3 fully saturated rings. The molecule has 0 saturated heterocycles. The van der Waals surface area contributed by atoms with Gasteiger partial charge in [0.15, 0.2) is 0 Å². The van der Waals surface area contributed by atoms with Crippen molar-refractivity contribution in [3.05, 3.63) is 48.1 Å². The van der Waals surface area contributed by atoms with Gasteiger partial charge in [-0.25, -0.2) is 0 Å². The van der Waals surface area contributed by atoms with Gasteiger partial charge >= 0.3 is 0 Å². The van der Waals surface area contributed by atoms with Crippen LogP contribution in [-0.2, 0) is 0 Å². The highest BCUT2D eigenvalue weighted by Crippen LogP contribution is 2.67. The molecule has 1 heteroatoms. The first-order valence-corrected chi connectivity index (χ1v) is 15.3. The topological polar surface area (TPSA) is 9.23 Å². The van der Waals surface area contributed by atoms with E-state index >= 15 is 0 Å². The maximum absolute atomic E-state index is 6.48. The Labute approximate surface area is 222 Å². The molecule has 0 aliphatic heterocycles. The standard InChI is InChI=1S/C35H52O/c1-7-26-11-14-28(15-12-26)36-29-19-21-34(5)27(23-29)13-16-30-32-18-17-31(25(4)10-8-9-24(2)3)35(32,6)22-20-33(30)34/h7,11-15,24-25,29-33H,1,8-10,16-23H2,2-6H3/t25-,29+,30+,31-,32+,33+,34+,35-/m1/s1. The van der Waals surface area contributed by atoms with E-state index in [1.807, 2.05) is 6.08 Å². The molecule has 0 spiro atoms. The average Bonchev–Trinajstić information content (AvgIpc) is 3.22. The van der Waals surface area contributed by atoms with Crippen LogP contribution < -0.4 is 4.74 Å². The summed E-state index contributed by atoms with van der Waals surface area (Å²) in [6, 6.07) is 8.44. The molecule has 8 atom stereocenters. The lowest BCUT2D eigenvalue weighted by molar-refractivity contribution is -0.0559. The molecule has 198 valence electrons. The van der Waals surface area contributed by atoms with Gasteiger partial charge < -0.3 is 4.74 Å². The van der Waals surface area contributed by atoms with Crippen molar-refractivity contribution in [3.8, 4) is 5.75 Å². The second-order valence-electron chi connectivity index (χ2n) is 14.0. The van der Waals surface area contributed by atoms with E-state index in [1.54, 1.807) is 5.57 Å². The maximum Gasteiger partial charge on any atom is 0.119 e. The van der Waals surface area contributed by atoms with E-state index in [2.05, 4.69) is 71.5 Å². The summed E-state index contributed by atoms with van der Waals surface area (Å²) in [5, 5.41) is 0. The quantitative estimate of drug-likeness (QED) is 0.331. The molecule has 0 unspecified atom stereocenters. The molecule has 0 radical (unpaired) electrons. The van der Waals surface area contributed by atoms with E-state index in [0.717, 1.165) is 53.2 Å². The second-order valence-corrected chi connectivity index (χ2v) is 14.0. The zero-order valence-electron chi connectivity index (χ0n) is 23.9. The first-order chi connectivity index (χ1) is 17.2. The summed E-state index contributed by atoms with van der Waals surface area (Å²) in [6.45, 7) is 16.6. The fourth-order valence-corrected chi connectivity index (χ4v) is 9.63. The Bertz CT molecular complexity index is 940. The molecule has 4 aliphatic rings. The Kier molecular flexibility index (Phi) is 7.50. The minimum absolute atomic E-state index is 0.326. The van der Waals surface area contributed by atoms with Crippen LogP contribution in [0.2, 0.25) is 0 Å². The van der Waals surface area contributed by atoms with Gasteiger partial charge in [-0.05, 0) is 109 Å². The fourth-order valence-electron chi connectivity index (χ4n) is 9.63. The number of allylic oxidation sites excluding steroid dienone is 1. The third-order valence-electron chi connectivity index (χ3n) is 11.7. The molecule has 1 aromatic rings. The number of benzene rings is 1. The molecule has 1 nitrogen and oxygen atoms in total. The predicted octanol–water partition coefficient (Wildman–Crippen LogP) is 10.1. The van der Waals surface area contributed by atoms with Gasteiger partial charge in [-0.2, -0.15) is 0 Å². The SMILES string of the molecule is C=Cc1ccc(O[C@H]2CC[C@@]3(C)C(=CC[C@H]4[C@@H]5CC[C@H]([C@H](C)CCCC(C)C)[C@@]5(C)CC[C@@H]43)C2)cc1. The van der Waals surface area contributed by atoms with Crippen LogP contribution in [0.1, 0.15) is 111 Å². The first-order valence-electron chi connectivity index (χ1n) is 15.3. The van der Waals surface area contributed by atoms with Crippen molar-refractivity contribution in [3.63, 3.8) is 0 Å². The Morgan fingerprint density at radius 3 is 2.47 bits per heavy atom. The van der Waals surface area contributed by atoms with E-state index in [4.69, 9.17) is 4.74 Å². The summed E-state index contributed by atoms with van der Waals surface area (Å²) in [7, 11) is 0. The van der Waals surface area contributed by atoms with E-state index in [-0.39, 0.29) is 0 Å². The number of hydrogen-bond donors (Lipinski definition) is 0. The number of rotatable bonds is 8. The van der Waals surface area contributed by atoms with Gasteiger partial charge in [-0.1, -0.05) is 90.3 Å². The molecule has 0 aromatic heterocycles. The third-order valence-corrected chi connectivity index (χ3v) is 11.7. The Morgan fingerprint density at radius 2 is 1.75 bits per heavy atom. The Morgan fingerprint density at radius 1 is 0.972 bits per heavy atom. The van der Waals surface area contributed by atoms with Gasteiger partial charge in [0.05, 0.1) is 0 Å². The lowest BCUT2D eigenvalue weighted by Gasteiger charge is -2.58. The molecular weight excluding hydrogens is 436 g/mol. The molecule has 3 saturated carbocycles. The molecule has 0 N–H and O–H groups in total. The molecule has 0 bridgehead atoms. The van der Waals surface area contributed by atoms with Crippen LogP contribution in [0.25, 0.3) is 6.08 Å². The highest BCUT2D eigenvalue weighted by molar-refractivity contribution is 5.48. The first kappa shape index (κ1) is 26.1. The summed E-state index contributed by atoms with van der Waals surface area (Å²) in [5.74, 6) is 6.45. The smallest absolute Gasteiger partial charge is 0.119 e. The zero-order chi connectivity index (χ0) is 25.5. The number of ether oxygens (including phenoxy) is 1. The second kappa shape index (κ2) is 10.3. The summed E-state index contributed by atoms with van der Waals surface area (Å²) in [4.78, 5) is 0. The Hall–Kier alpha value is -1.50. The monoisotopic (exact) mass is 488 g/mol. The van der Waals surface area contributed by atoms with Crippen molar-refractivity contribution in [2.75, 3.05) is 0 Å². The molecule has 36 heavy (non-hydrogen) atoms. The van der Waals surface area contributed by atoms with Crippen LogP contribution in [0.5, 0.6) is 5.75 Å². The van der Waals surface area contributed by atoms with Crippen LogP contribution in [0.3, 0.4) is 0 Å². The van der Waals surface area contributed by atoms with Crippen LogP contribution >= 0.6 is 0 Å². The van der Waals surface area contributed by atoms with E-state index in [1.165, 1.54) is 64.2 Å². The van der Waals surface area contributed by atoms with Crippen molar-refractivity contribution in [2.24, 2.45) is 46.3 Å². The number of fused-ring (bicyclic) bond motifs is 5. The minimum atomic E-state index is 0.326. The summed E-state index contributed by atoms with van der Waals surface area (Å²) >= 11 is 0. The summed E-state index contributed by atoms with van der Waals surface area (Å²) in [6.07, 6.45) is 20.0. The van der Waals surface area contributed by atoms with Gasteiger partial charge in [0.1, 0.15) is 11.9 Å². The maximum atomic E-state index is 6.48. The highest BCUT2D eigenvalue weighted by atomic mass is 16.5. The third kappa shape index (κ3) is 4.74. The minimum Gasteiger partial charge on any atom is -0.490 e. The van der Waals surface area contributed by atoms with Crippen LogP contribution in [-0.4, -0.2) is 6.10 Å². The molecule has 0 amide bonds. The van der Waals surface area contributed by atoms with Gasteiger partial charge in [0.25, 0.3) is 0 Å². The van der Waals surface area contributed by atoms with Crippen molar-refractivity contribution in [1.29, 1.82) is 0 Å². The normalized spacial score (nSPS) is 38.5. The number of hydrogen-bond acceptors (Lipinski definition) is 1. The zero-order valence-corrected chi connectivity index (χ0v) is 23.9. The van der Waals surface area contributed by atoms with E-state index in [0.29, 0.717) is 16.9 Å². The van der Waals surface area contributed by atoms with E-state index < -0.39 is 0 Å².